The number of nitriles is 1. The number of halogens is 2. The van der Waals surface area contributed by atoms with Gasteiger partial charge in [-0.25, -0.2) is 4.98 Å². The van der Waals surface area contributed by atoms with Gasteiger partial charge in [0.15, 0.2) is 0 Å². The molecule has 8 heteroatoms. The molecule has 28 heavy (non-hydrogen) atoms. The van der Waals surface area contributed by atoms with Crippen molar-refractivity contribution in [2.45, 2.75) is 0 Å². The highest BCUT2D eigenvalue weighted by atomic mass is 35.5. The minimum Gasteiger partial charge on any atom is -0.497 e. The van der Waals surface area contributed by atoms with Gasteiger partial charge in [0.25, 0.3) is 0 Å². The Morgan fingerprint density at radius 1 is 1.14 bits per heavy atom. The van der Waals surface area contributed by atoms with Gasteiger partial charge in [-0.3, -0.25) is 0 Å². The molecule has 0 amide bonds. The average molecular weight is 432 g/mol. The molecule has 0 spiro atoms. The lowest BCUT2D eigenvalue weighted by Gasteiger charge is -2.10. The second kappa shape index (κ2) is 8.98. The Morgan fingerprint density at radius 2 is 1.96 bits per heavy atom. The minimum absolute atomic E-state index is 0.390. The van der Waals surface area contributed by atoms with Crippen molar-refractivity contribution in [1.82, 2.24) is 4.98 Å². The van der Waals surface area contributed by atoms with Crippen molar-refractivity contribution in [1.29, 1.82) is 5.26 Å². The van der Waals surface area contributed by atoms with Crippen LogP contribution >= 0.6 is 34.5 Å². The fourth-order valence-corrected chi connectivity index (χ4v) is 3.50. The Hall–Kier alpha value is -2.72. The maximum Gasteiger partial charge on any atom is 0.142 e. The van der Waals surface area contributed by atoms with Gasteiger partial charge in [-0.15, -0.1) is 11.3 Å². The summed E-state index contributed by atoms with van der Waals surface area (Å²) in [5, 5.41) is 16.0. The third-order valence-corrected chi connectivity index (χ3v) is 5.46. The van der Waals surface area contributed by atoms with Gasteiger partial charge >= 0.3 is 0 Å². The molecule has 0 saturated heterocycles. The number of nitrogens with one attached hydrogen (secondary N) is 1. The molecule has 0 atom stereocenters. The van der Waals surface area contributed by atoms with Crippen LogP contribution in [0, 0.1) is 11.3 Å². The summed E-state index contributed by atoms with van der Waals surface area (Å²) < 4.78 is 10.6. The molecule has 2 aromatic carbocycles. The lowest BCUT2D eigenvalue weighted by Crippen LogP contribution is -1.96. The van der Waals surface area contributed by atoms with E-state index in [-0.39, 0.29) is 0 Å². The number of anilines is 1. The summed E-state index contributed by atoms with van der Waals surface area (Å²) in [5.74, 6) is 1.30. The van der Waals surface area contributed by atoms with E-state index in [1.165, 1.54) is 11.3 Å². The monoisotopic (exact) mass is 431 g/mol. The van der Waals surface area contributed by atoms with Gasteiger partial charge in [0, 0.05) is 23.2 Å². The number of thiazole rings is 1. The Labute approximate surface area is 176 Å². The Morgan fingerprint density at radius 3 is 2.64 bits per heavy atom. The number of methoxy groups -OCH3 is 2. The molecule has 5 nitrogen and oxygen atoms in total. The van der Waals surface area contributed by atoms with Crippen LogP contribution in [-0.2, 0) is 0 Å². The van der Waals surface area contributed by atoms with Gasteiger partial charge < -0.3 is 14.8 Å². The first-order valence-electron chi connectivity index (χ1n) is 8.06. The highest BCUT2D eigenvalue weighted by Gasteiger charge is 2.11. The van der Waals surface area contributed by atoms with Gasteiger partial charge in [-0.05, 0) is 24.3 Å². The summed E-state index contributed by atoms with van der Waals surface area (Å²) >= 11 is 13.4. The number of nitrogens with zero attached hydrogens (tertiary/aromatic N) is 2. The van der Waals surface area contributed by atoms with E-state index in [0.717, 1.165) is 11.3 Å². The molecule has 0 aliphatic carbocycles. The summed E-state index contributed by atoms with van der Waals surface area (Å²) in [4.78, 5) is 4.54. The molecule has 1 aromatic heterocycles. The number of allylic oxidation sites excluding steroid dienone is 1. The van der Waals surface area contributed by atoms with Crippen LogP contribution in [0.15, 0.2) is 48.0 Å². The van der Waals surface area contributed by atoms with E-state index in [0.29, 0.717) is 37.8 Å². The second-order valence-electron chi connectivity index (χ2n) is 5.55. The summed E-state index contributed by atoms with van der Waals surface area (Å²) in [7, 11) is 3.16. The number of ether oxygens (including phenoxy) is 2. The molecule has 3 rings (SSSR count). The first-order valence-corrected chi connectivity index (χ1v) is 9.69. The van der Waals surface area contributed by atoms with Crippen LogP contribution < -0.4 is 14.8 Å². The fraction of sp³-hybridized carbons (Fsp3) is 0.100. The highest BCUT2D eigenvalue weighted by molar-refractivity contribution is 7.11. The Bertz CT molecular complexity index is 1070. The highest BCUT2D eigenvalue weighted by Crippen LogP contribution is 2.32. The summed E-state index contributed by atoms with van der Waals surface area (Å²) in [6.45, 7) is 0. The first-order chi connectivity index (χ1) is 13.5. The number of hydrogen-bond acceptors (Lipinski definition) is 6. The van der Waals surface area contributed by atoms with Crippen LogP contribution in [0.1, 0.15) is 5.01 Å². The minimum atomic E-state index is 0.390. The van der Waals surface area contributed by atoms with Crippen LogP contribution in [-0.4, -0.2) is 19.2 Å². The van der Waals surface area contributed by atoms with Crippen LogP contribution in [0.2, 0.25) is 10.0 Å². The van der Waals surface area contributed by atoms with E-state index in [2.05, 4.69) is 16.4 Å². The van der Waals surface area contributed by atoms with Gasteiger partial charge in [0.2, 0.25) is 0 Å². The van der Waals surface area contributed by atoms with E-state index in [1.807, 2.05) is 11.4 Å². The largest absolute Gasteiger partial charge is 0.497 e. The predicted molar refractivity (Wildman–Crippen MR) is 114 cm³/mol. The Kier molecular flexibility index (Phi) is 6.42. The lowest BCUT2D eigenvalue weighted by molar-refractivity contribution is 0.405. The quantitative estimate of drug-likeness (QED) is 0.476. The van der Waals surface area contributed by atoms with Crippen molar-refractivity contribution in [3.05, 3.63) is 63.0 Å². The fourth-order valence-electron chi connectivity index (χ4n) is 2.40. The summed E-state index contributed by atoms with van der Waals surface area (Å²) in [6.07, 6.45) is 1.59. The molecule has 1 N–H and O–H groups in total. The third kappa shape index (κ3) is 4.39. The maximum atomic E-state index is 9.56. The SMILES string of the molecule is COc1ccc(OC)c(NC=C(C#N)c2nc(-c3ccc(Cl)c(Cl)c3)cs2)c1. The molecule has 142 valence electrons. The number of benzene rings is 2. The van der Waals surface area contributed by atoms with Crippen molar-refractivity contribution in [3.63, 3.8) is 0 Å². The smallest absolute Gasteiger partial charge is 0.142 e. The third-order valence-electron chi connectivity index (χ3n) is 3.85. The van der Waals surface area contributed by atoms with Crippen LogP contribution in [0.5, 0.6) is 11.5 Å². The second-order valence-corrected chi connectivity index (χ2v) is 7.22. The van der Waals surface area contributed by atoms with Crippen molar-refractivity contribution in [2.24, 2.45) is 0 Å². The van der Waals surface area contributed by atoms with Crippen LogP contribution in [0.25, 0.3) is 16.8 Å². The van der Waals surface area contributed by atoms with E-state index >= 15 is 0 Å². The normalized spacial score (nSPS) is 11.0. The molecular formula is C20H15Cl2N3O2S. The van der Waals surface area contributed by atoms with E-state index in [1.54, 1.807) is 50.8 Å². The van der Waals surface area contributed by atoms with Crippen molar-refractivity contribution >= 4 is 45.8 Å². The standard InChI is InChI=1S/C20H15Cl2N3O2S/c1-26-14-4-6-19(27-2)17(8-14)24-10-13(9-23)20-25-18(11-28-20)12-3-5-15(21)16(22)7-12/h3-8,10-11,24H,1-2H3. The topological polar surface area (TPSA) is 67.2 Å². The summed E-state index contributed by atoms with van der Waals surface area (Å²) in [5.41, 5.74) is 2.62. The van der Waals surface area contributed by atoms with E-state index < -0.39 is 0 Å². The van der Waals surface area contributed by atoms with Gasteiger partial charge in [-0.2, -0.15) is 5.26 Å². The molecule has 0 radical (unpaired) electrons. The molecule has 0 fully saturated rings. The Balaban J connectivity index is 1.87. The average Bonchev–Trinajstić information content (AvgIpc) is 3.20. The van der Waals surface area contributed by atoms with E-state index in [4.69, 9.17) is 32.7 Å². The first kappa shape index (κ1) is 20.0. The van der Waals surface area contributed by atoms with Crippen molar-refractivity contribution in [3.8, 4) is 28.8 Å². The van der Waals surface area contributed by atoms with Gasteiger partial charge in [0.1, 0.15) is 28.1 Å². The molecule has 3 aromatic rings. The zero-order valence-electron chi connectivity index (χ0n) is 15.0. The number of rotatable bonds is 6. The van der Waals surface area contributed by atoms with E-state index in [9.17, 15) is 5.26 Å². The molecule has 0 saturated carbocycles. The summed E-state index contributed by atoms with van der Waals surface area (Å²) in [6, 6.07) is 12.8. The van der Waals surface area contributed by atoms with Crippen LogP contribution in [0.3, 0.4) is 0 Å². The zero-order valence-corrected chi connectivity index (χ0v) is 17.3. The molecular weight excluding hydrogens is 417 g/mol. The number of hydrogen-bond donors (Lipinski definition) is 1. The van der Waals surface area contributed by atoms with Crippen molar-refractivity contribution in [2.75, 3.05) is 19.5 Å². The molecule has 1 heterocycles. The molecule has 0 unspecified atom stereocenters. The molecule has 0 aliphatic rings. The zero-order chi connectivity index (χ0) is 20.1. The van der Waals surface area contributed by atoms with Crippen molar-refractivity contribution < 1.29 is 9.47 Å². The predicted octanol–water partition coefficient (Wildman–Crippen LogP) is 6.11. The van der Waals surface area contributed by atoms with Gasteiger partial charge in [-0.1, -0.05) is 29.3 Å². The molecule has 0 aliphatic heterocycles. The van der Waals surface area contributed by atoms with Gasteiger partial charge in [0.05, 0.1) is 35.6 Å². The van der Waals surface area contributed by atoms with Crippen LogP contribution in [0.4, 0.5) is 5.69 Å². The maximum absolute atomic E-state index is 9.56. The lowest BCUT2D eigenvalue weighted by atomic mass is 10.2. The molecule has 0 bridgehead atoms. The number of aromatic nitrogens is 1.